The highest BCUT2D eigenvalue weighted by atomic mass is 31.2. The summed E-state index contributed by atoms with van der Waals surface area (Å²) < 4.78 is 34.8. The van der Waals surface area contributed by atoms with Crippen molar-refractivity contribution in [2.24, 2.45) is 0 Å². The maximum Gasteiger partial charge on any atom is 0.472 e. The van der Waals surface area contributed by atoms with Gasteiger partial charge in [0.15, 0.2) is 6.10 Å². The van der Waals surface area contributed by atoms with Crippen LogP contribution in [0.5, 0.6) is 0 Å². The van der Waals surface area contributed by atoms with Crippen LogP contribution in [0.15, 0.2) is 134 Å². The Morgan fingerprint density at radius 1 is 0.344 bits per heavy atom. The average molecular weight is 1270 g/mol. The number of hydrogen-bond acceptors (Lipinski definition) is 7. The minimum Gasteiger partial charge on any atom is -0.462 e. The summed E-state index contributed by atoms with van der Waals surface area (Å²) in [5.41, 5.74) is 0. The van der Waals surface area contributed by atoms with Crippen LogP contribution < -0.4 is 0 Å². The molecule has 0 bridgehead atoms. The summed E-state index contributed by atoms with van der Waals surface area (Å²) in [6.07, 6.45) is 101. The van der Waals surface area contributed by atoms with Crippen molar-refractivity contribution in [1.82, 2.24) is 0 Å². The highest BCUT2D eigenvalue weighted by Crippen LogP contribution is 2.43. The van der Waals surface area contributed by atoms with Crippen molar-refractivity contribution in [1.29, 1.82) is 0 Å². The standard InChI is InChI=1S/C80H138NO8P/c1-6-8-10-12-14-16-18-20-22-24-26-28-30-32-34-36-37-38-39-40-41-42-43-45-47-49-51-53-55-57-59-61-63-65-67-69-71-73-80(83)89-78(77-88-90(84,85)87-75-74-81(3,4)5)76-86-79(82)72-70-68-66-64-62-60-58-56-54-52-50-48-46-44-35-33-31-29-27-25-23-21-19-17-15-13-11-9-7-2/h8-11,14-17,20-23,26-29,32-35,37-38,78H,6-7,12-13,18-19,24-25,30-31,36,39-77H2,1-5H3/p+1/b10-8-,11-9-,16-14-,17-15-,22-20-,23-21-,28-26-,29-27-,34-32-,35-33-,38-37-. The highest BCUT2D eigenvalue weighted by Gasteiger charge is 2.27. The number of phosphoric acid groups is 1. The molecule has 0 radical (unpaired) electrons. The molecule has 0 fully saturated rings. The van der Waals surface area contributed by atoms with E-state index in [2.05, 4.69) is 148 Å². The summed E-state index contributed by atoms with van der Waals surface area (Å²) >= 11 is 0. The molecule has 0 saturated heterocycles. The van der Waals surface area contributed by atoms with Gasteiger partial charge in [-0.05, 0) is 109 Å². The monoisotopic (exact) mass is 1270 g/mol. The number of rotatable bonds is 67. The van der Waals surface area contributed by atoms with Gasteiger partial charge >= 0.3 is 19.8 Å². The van der Waals surface area contributed by atoms with E-state index in [1.54, 1.807) is 0 Å². The molecule has 2 atom stereocenters. The molecule has 516 valence electrons. The summed E-state index contributed by atoms with van der Waals surface area (Å²) in [4.78, 5) is 35.9. The van der Waals surface area contributed by atoms with Gasteiger partial charge in [-0.1, -0.05) is 321 Å². The molecule has 10 heteroatoms. The SMILES string of the molecule is CC/C=C\C/C=C\C/C=C\C/C=C\C/C=C\C/C=C\CCCCCCCCCCCCCCCCCCCCC(=O)OC(COC(=O)CCCCCCCCCCCCCCC/C=C\C/C=C\C/C=C\C/C=C\C/C=C\CC)COP(=O)(O)OCC[N+](C)(C)C. The predicted octanol–water partition coefficient (Wildman–Crippen LogP) is 24.4. The molecule has 0 aliphatic carbocycles. The van der Waals surface area contributed by atoms with E-state index < -0.39 is 26.5 Å². The van der Waals surface area contributed by atoms with Crippen LogP contribution in [0, 0.1) is 0 Å². The molecule has 1 N–H and O–H groups in total. The van der Waals surface area contributed by atoms with Crippen molar-refractivity contribution in [2.75, 3.05) is 47.5 Å². The Balaban J connectivity index is 4.01. The normalized spacial score (nSPS) is 13.9. The lowest BCUT2D eigenvalue weighted by Crippen LogP contribution is -2.37. The van der Waals surface area contributed by atoms with Gasteiger partial charge in [-0.15, -0.1) is 0 Å². The molecule has 0 spiro atoms. The zero-order valence-electron chi connectivity index (χ0n) is 58.8. The number of hydrogen-bond donors (Lipinski definition) is 1. The number of ether oxygens (including phenoxy) is 2. The molecule has 90 heavy (non-hydrogen) atoms. The van der Waals surface area contributed by atoms with Gasteiger partial charge in [0, 0.05) is 12.8 Å². The van der Waals surface area contributed by atoms with Crippen LogP contribution in [0.25, 0.3) is 0 Å². The van der Waals surface area contributed by atoms with E-state index in [4.69, 9.17) is 18.5 Å². The van der Waals surface area contributed by atoms with E-state index in [0.717, 1.165) is 103 Å². The quantitative estimate of drug-likeness (QED) is 0.0211. The molecular weight excluding hydrogens is 1130 g/mol. The van der Waals surface area contributed by atoms with Gasteiger partial charge < -0.3 is 18.9 Å². The Morgan fingerprint density at radius 2 is 0.600 bits per heavy atom. The second kappa shape index (κ2) is 69.5. The molecular formula is C80H139NO8P+. The van der Waals surface area contributed by atoms with Crippen molar-refractivity contribution in [2.45, 2.75) is 315 Å². The van der Waals surface area contributed by atoms with Crippen molar-refractivity contribution in [3.63, 3.8) is 0 Å². The zero-order chi connectivity index (χ0) is 65.5. The van der Waals surface area contributed by atoms with Gasteiger partial charge in [0.1, 0.15) is 19.8 Å². The number of phosphoric ester groups is 1. The second-order valence-corrected chi connectivity index (χ2v) is 27.0. The number of carbonyl (C=O) groups is 2. The minimum atomic E-state index is -4.40. The zero-order valence-corrected chi connectivity index (χ0v) is 59.7. The first kappa shape index (κ1) is 86.2. The van der Waals surface area contributed by atoms with Crippen LogP contribution in [-0.4, -0.2) is 74.9 Å². The molecule has 0 aromatic heterocycles. The van der Waals surface area contributed by atoms with Crippen molar-refractivity contribution < 1.29 is 42.1 Å². The molecule has 0 heterocycles. The molecule has 0 aliphatic rings. The number of carbonyl (C=O) groups excluding carboxylic acids is 2. The molecule has 0 rings (SSSR count). The van der Waals surface area contributed by atoms with Gasteiger partial charge in [0.05, 0.1) is 27.7 Å². The molecule has 0 amide bonds. The fourth-order valence-corrected chi connectivity index (χ4v) is 10.8. The number of unbranched alkanes of at least 4 members (excludes halogenated alkanes) is 31. The van der Waals surface area contributed by atoms with Crippen molar-refractivity contribution in [3.8, 4) is 0 Å². The highest BCUT2D eigenvalue weighted by molar-refractivity contribution is 7.47. The van der Waals surface area contributed by atoms with E-state index >= 15 is 0 Å². The Hall–Kier alpha value is -3.85. The van der Waals surface area contributed by atoms with Gasteiger partial charge in [-0.3, -0.25) is 18.6 Å². The first-order chi connectivity index (χ1) is 44.0. The van der Waals surface area contributed by atoms with Crippen LogP contribution in [0.3, 0.4) is 0 Å². The topological polar surface area (TPSA) is 108 Å². The third-order valence-electron chi connectivity index (χ3n) is 15.7. The van der Waals surface area contributed by atoms with E-state index in [-0.39, 0.29) is 32.0 Å². The van der Waals surface area contributed by atoms with Crippen LogP contribution in [-0.2, 0) is 32.7 Å². The summed E-state index contributed by atoms with van der Waals surface area (Å²) in [5, 5.41) is 0. The molecule has 0 aromatic carbocycles. The van der Waals surface area contributed by atoms with Gasteiger partial charge in [0.25, 0.3) is 0 Å². The molecule has 9 nitrogen and oxygen atoms in total. The fraction of sp³-hybridized carbons (Fsp3) is 0.700. The lowest BCUT2D eigenvalue weighted by molar-refractivity contribution is -0.870. The van der Waals surface area contributed by atoms with E-state index in [9.17, 15) is 19.0 Å². The maximum atomic E-state index is 12.9. The third kappa shape index (κ3) is 73.2. The number of allylic oxidation sites excluding steroid dienone is 22. The number of esters is 2. The van der Waals surface area contributed by atoms with E-state index in [1.165, 1.54) is 173 Å². The summed E-state index contributed by atoms with van der Waals surface area (Å²) in [5.74, 6) is -0.793. The lowest BCUT2D eigenvalue weighted by Gasteiger charge is -2.24. The first-order valence-corrected chi connectivity index (χ1v) is 38.4. The number of likely N-dealkylation sites (N-methyl/N-ethyl adjacent to an activating group) is 1. The lowest BCUT2D eigenvalue weighted by atomic mass is 10.0. The van der Waals surface area contributed by atoms with Gasteiger partial charge in [-0.2, -0.15) is 0 Å². The molecule has 0 saturated carbocycles. The number of quaternary nitrogens is 1. The largest absolute Gasteiger partial charge is 0.472 e. The van der Waals surface area contributed by atoms with Crippen molar-refractivity contribution in [3.05, 3.63) is 134 Å². The van der Waals surface area contributed by atoms with Crippen LogP contribution >= 0.6 is 7.82 Å². The Labute approximate surface area is 555 Å². The van der Waals surface area contributed by atoms with Gasteiger partial charge in [0.2, 0.25) is 0 Å². The fourth-order valence-electron chi connectivity index (χ4n) is 10.1. The van der Waals surface area contributed by atoms with Crippen LogP contribution in [0.4, 0.5) is 0 Å². The summed E-state index contributed by atoms with van der Waals surface area (Å²) in [7, 11) is 1.48. The maximum absolute atomic E-state index is 12.9. The minimum absolute atomic E-state index is 0.0279. The number of nitrogens with zero attached hydrogens (tertiary/aromatic N) is 1. The second-order valence-electron chi connectivity index (χ2n) is 25.6. The Morgan fingerprint density at radius 3 is 0.889 bits per heavy atom. The summed E-state index contributed by atoms with van der Waals surface area (Å²) in [6, 6.07) is 0. The van der Waals surface area contributed by atoms with Crippen LogP contribution in [0.1, 0.15) is 309 Å². The Kier molecular flexibility index (Phi) is 66.5. The van der Waals surface area contributed by atoms with E-state index in [1.807, 2.05) is 21.1 Å². The predicted molar refractivity (Wildman–Crippen MR) is 390 cm³/mol. The smallest absolute Gasteiger partial charge is 0.462 e. The van der Waals surface area contributed by atoms with Crippen LogP contribution in [0.2, 0.25) is 0 Å². The summed E-state index contributed by atoms with van der Waals surface area (Å²) in [6.45, 7) is 4.23. The molecule has 0 aliphatic heterocycles. The Bertz CT molecular complexity index is 1980. The van der Waals surface area contributed by atoms with E-state index in [0.29, 0.717) is 17.4 Å². The van der Waals surface area contributed by atoms with Gasteiger partial charge in [-0.25, -0.2) is 4.57 Å². The van der Waals surface area contributed by atoms with Crippen molar-refractivity contribution >= 4 is 19.8 Å². The first-order valence-electron chi connectivity index (χ1n) is 36.9. The molecule has 2 unspecified atom stereocenters. The average Bonchev–Trinajstić information content (AvgIpc) is 3.58. The molecule has 0 aromatic rings. The third-order valence-corrected chi connectivity index (χ3v) is 16.7.